The lowest BCUT2D eigenvalue weighted by Gasteiger charge is -2.17. The summed E-state index contributed by atoms with van der Waals surface area (Å²) in [6.07, 6.45) is 1.50. The molecular formula is C16H26N2O. The van der Waals surface area contributed by atoms with Gasteiger partial charge in [0.2, 0.25) is 5.91 Å². The van der Waals surface area contributed by atoms with Crippen molar-refractivity contribution >= 4 is 11.6 Å². The maximum absolute atomic E-state index is 11.5. The summed E-state index contributed by atoms with van der Waals surface area (Å²) < 4.78 is 0. The fraction of sp³-hybridized carbons (Fsp3) is 0.562. The molecule has 0 saturated heterocycles. The highest BCUT2D eigenvalue weighted by Crippen LogP contribution is 2.27. The quantitative estimate of drug-likeness (QED) is 0.790. The molecule has 1 aromatic carbocycles. The molecule has 19 heavy (non-hydrogen) atoms. The topological polar surface area (TPSA) is 41.1 Å². The van der Waals surface area contributed by atoms with E-state index in [-0.39, 0.29) is 5.91 Å². The van der Waals surface area contributed by atoms with E-state index in [1.54, 1.807) is 0 Å². The summed E-state index contributed by atoms with van der Waals surface area (Å²) in [4.78, 5) is 11.5. The van der Waals surface area contributed by atoms with Crippen molar-refractivity contribution in [2.75, 3.05) is 18.4 Å². The van der Waals surface area contributed by atoms with E-state index in [2.05, 4.69) is 56.5 Å². The first-order chi connectivity index (χ1) is 9.06. The Labute approximate surface area is 116 Å². The van der Waals surface area contributed by atoms with Crippen LogP contribution in [0.3, 0.4) is 0 Å². The standard InChI is InChI=1S/C16H26N2O/c1-5-10-17-15(19)9-11-18-16-13(4)7-6-8-14(16)12(2)3/h6-8,12,18H,5,9-11H2,1-4H3,(H,17,19). The van der Waals surface area contributed by atoms with Crippen LogP contribution in [0.5, 0.6) is 0 Å². The average molecular weight is 262 g/mol. The molecule has 0 radical (unpaired) electrons. The third-order valence-corrected chi connectivity index (χ3v) is 3.15. The highest BCUT2D eigenvalue weighted by molar-refractivity contribution is 5.76. The van der Waals surface area contributed by atoms with Gasteiger partial charge in [0.05, 0.1) is 0 Å². The van der Waals surface area contributed by atoms with Crippen molar-refractivity contribution in [3.05, 3.63) is 29.3 Å². The smallest absolute Gasteiger partial charge is 0.221 e. The Kier molecular flexibility index (Phi) is 6.40. The molecule has 0 aliphatic heterocycles. The zero-order valence-corrected chi connectivity index (χ0v) is 12.5. The van der Waals surface area contributed by atoms with Crippen molar-refractivity contribution in [1.29, 1.82) is 0 Å². The number of carbonyl (C=O) groups excluding carboxylic acids is 1. The third kappa shape index (κ3) is 4.93. The predicted octanol–water partition coefficient (Wildman–Crippen LogP) is 3.45. The average Bonchev–Trinajstić information content (AvgIpc) is 2.37. The van der Waals surface area contributed by atoms with Gasteiger partial charge in [-0.25, -0.2) is 0 Å². The third-order valence-electron chi connectivity index (χ3n) is 3.15. The van der Waals surface area contributed by atoms with Crippen LogP contribution in [0.1, 0.15) is 50.7 Å². The van der Waals surface area contributed by atoms with E-state index in [9.17, 15) is 4.79 Å². The molecule has 1 amide bonds. The second-order valence-electron chi connectivity index (χ2n) is 5.22. The summed E-state index contributed by atoms with van der Waals surface area (Å²) in [5, 5.41) is 6.30. The molecule has 0 atom stereocenters. The predicted molar refractivity (Wildman–Crippen MR) is 81.7 cm³/mol. The molecule has 0 aromatic heterocycles. The van der Waals surface area contributed by atoms with Crippen molar-refractivity contribution in [1.82, 2.24) is 5.32 Å². The summed E-state index contributed by atoms with van der Waals surface area (Å²) in [6.45, 7) is 9.98. The van der Waals surface area contributed by atoms with E-state index < -0.39 is 0 Å². The Morgan fingerprint density at radius 1 is 1.26 bits per heavy atom. The minimum Gasteiger partial charge on any atom is -0.384 e. The Bertz CT molecular complexity index is 413. The molecular weight excluding hydrogens is 236 g/mol. The van der Waals surface area contributed by atoms with Gasteiger partial charge in [0.1, 0.15) is 0 Å². The Hall–Kier alpha value is -1.51. The molecule has 0 spiro atoms. The van der Waals surface area contributed by atoms with Crippen LogP contribution in [0, 0.1) is 6.92 Å². The number of para-hydroxylation sites is 1. The van der Waals surface area contributed by atoms with Crippen molar-refractivity contribution in [2.24, 2.45) is 0 Å². The summed E-state index contributed by atoms with van der Waals surface area (Å²) in [5.41, 5.74) is 3.73. The number of amides is 1. The molecule has 1 rings (SSSR count). The number of hydrogen-bond acceptors (Lipinski definition) is 2. The Morgan fingerprint density at radius 3 is 2.63 bits per heavy atom. The van der Waals surface area contributed by atoms with Crippen LogP contribution >= 0.6 is 0 Å². The van der Waals surface area contributed by atoms with Crippen molar-refractivity contribution in [3.8, 4) is 0 Å². The van der Waals surface area contributed by atoms with Gasteiger partial charge in [-0.05, 0) is 30.4 Å². The van der Waals surface area contributed by atoms with E-state index >= 15 is 0 Å². The van der Waals surface area contributed by atoms with Gasteiger partial charge >= 0.3 is 0 Å². The van der Waals surface area contributed by atoms with Crippen LogP contribution in [-0.4, -0.2) is 19.0 Å². The van der Waals surface area contributed by atoms with Crippen LogP contribution in [0.25, 0.3) is 0 Å². The number of hydrogen-bond donors (Lipinski definition) is 2. The highest BCUT2D eigenvalue weighted by atomic mass is 16.1. The first-order valence-electron chi connectivity index (χ1n) is 7.16. The summed E-state index contributed by atoms with van der Waals surface area (Å²) in [6, 6.07) is 6.34. The second kappa shape index (κ2) is 7.82. The van der Waals surface area contributed by atoms with E-state index in [0.29, 0.717) is 18.9 Å². The van der Waals surface area contributed by atoms with Crippen molar-refractivity contribution in [3.63, 3.8) is 0 Å². The number of carbonyl (C=O) groups is 1. The van der Waals surface area contributed by atoms with Gasteiger partial charge in [-0.3, -0.25) is 4.79 Å². The van der Waals surface area contributed by atoms with Crippen LogP contribution in [0.4, 0.5) is 5.69 Å². The van der Waals surface area contributed by atoms with Gasteiger partial charge in [-0.15, -0.1) is 0 Å². The van der Waals surface area contributed by atoms with Crippen LogP contribution in [-0.2, 0) is 4.79 Å². The van der Waals surface area contributed by atoms with Gasteiger partial charge in [-0.2, -0.15) is 0 Å². The molecule has 3 nitrogen and oxygen atoms in total. The summed E-state index contributed by atoms with van der Waals surface area (Å²) in [5.74, 6) is 0.602. The maximum Gasteiger partial charge on any atom is 0.221 e. The first-order valence-corrected chi connectivity index (χ1v) is 7.16. The van der Waals surface area contributed by atoms with Crippen molar-refractivity contribution < 1.29 is 4.79 Å². The summed E-state index contributed by atoms with van der Waals surface area (Å²) >= 11 is 0. The minimum atomic E-state index is 0.119. The number of benzene rings is 1. The molecule has 0 heterocycles. The minimum absolute atomic E-state index is 0.119. The molecule has 3 heteroatoms. The second-order valence-corrected chi connectivity index (χ2v) is 5.22. The molecule has 0 bridgehead atoms. The Morgan fingerprint density at radius 2 is 2.00 bits per heavy atom. The van der Waals surface area contributed by atoms with E-state index in [1.807, 2.05) is 0 Å². The fourth-order valence-corrected chi connectivity index (χ4v) is 2.07. The number of nitrogens with one attached hydrogen (secondary N) is 2. The Balaban J connectivity index is 2.55. The highest BCUT2D eigenvalue weighted by Gasteiger charge is 2.09. The van der Waals surface area contributed by atoms with Gasteiger partial charge in [0, 0.05) is 25.2 Å². The van der Waals surface area contributed by atoms with Crippen LogP contribution < -0.4 is 10.6 Å². The number of rotatable bonds is 7. The normalized spacial score (nSPS) is 10.6. The molecule has 2 N–H and O–H groups in total. The molecule has 0 fully saturated rings. The fourth-order valence-electron chi connectivity index (χ4n) is 2.07. The van der Waals surface area contributed by atoms with Gasteiger partial charge in [0.25, 0.3) is 0 Å². The largest absolute Gasteiger partial charge is 0.384 e. The molecule has 0 aliphatic rings. The van der Waals surface area contributed by atoms with E-state index in [4.69, 9.17) is 0 Å². The van der Waals surface area contributed by atoms with E-state index in [0.717, 1.165) is 13.0 Å². The monoisotopic (exact) mass is 262 g/mol. The van der Waals surface area contributed by atoms with Gasteiger partial charge in [0.15, 0.2) is 0 Å². The zero-order chi connectivity index (χ0) is 14.3. The van der Waals surface area contributed by atoms with E-state index in [1.165, 1.54) is 16.8 Å². The van der Waals surface area contributed by atoms with Gasteiger partial charge in [-0.1, -0.05) is 39.0 Å². The number of anilines is 1. The maximum atomic E-state index is 11.5. The zero-order valence-electron chi connectivity index (χ0n) is 12.5. The SMILES string of the molecule is CCCNC(=O)CCNc1c(C)cccc1C(C)C. The van der Waals surface area contributed by atoms with Crippen molar-refractivity contribution in [2.45, 2.75) is 46.5 Å². The van der Waals surface area contributed by atoms with Crippen LogP contribution in [0.15, 0.2) is 18.2 Å². The molecule has 0 unspecified atom stereocenters. The lowest BCUT2D eigenvalue weighted by atomic mass is 9.98. The first kappa shape index (κ1) is 15.5. The molecule has 0 aliphatic carbocycles. The number of aryl methyl sites for hydroxylation is 1. The lowest BCUT2D eigenvalue weighted by Crippen LogP contribution is -2.26. The van der Waals surface area contributed by atoms with Crippen LogP contribution in [0.2, 0.25) is 0 Å². The molecule has 106 valence electrons. The lowest BCUT2D eigenvalue weighted by molar-refractivity contribution is -0.120. The van der Waals surface area contributed by atoms with Gasteiger partial charge < -0.3 is 10.6 Å². The summed E-state index contributed by atoms with van der Waals surface area (Å²) in [7, 11) is 0. The molecule has 1 aromatic rings. The molecule has 0 saturated carbocycles.